The summed E-state index contributed by atoms with van der Waals surface area (Å²) in [5, 5.41) is 4.40. The average Bonchev–Trinajstić information content (AvgIpc) is 2.72. The van der Waals surface area contributed by atoms with Crippen LogP contribution in [0.25, 0.3) is 0 Å². The van der Waals surface area contributed by atoms with Crippen LogP contribution in [0, 0.1) is 0 Å². The minimum atomic E-state index is -2.25. The van der Waals surface area contributed by atoms with Gasteiger partial charge in [-0.3, -0.25) is 0 Å². The van der Waals surface area contributed by atoms with E-state index in [1.54, 1.807) is 23.0 Å². The van der Waals surface area contributed by atoms with Crippen molar-refractivity contribution < 1.29 is 19.4 Å². The topological polar surface area (TPSA) is 3.24 Å². The zero-order valence-electron chi connectivity index (χ0n) is 15.4. The number of rotatable bonds is 7. The van der Waals surface area contributed by atoms with Gasteiger partial charge in [-0.1, -0.05) is 0 Å². The van der Waals surface area contributed by atoms with E-state index in [1.165, 1.54) is 15.6 Å². The molecule has 26 heavy (non-hydrogen) atoms. The molecule has 3 heteroatoms. The van der Waals surface area contributed by atoms with Gasteiger partial charge in [-0.05, 0) is 0 Å². The summed E-state index contributed by atoms with van der Waals surface area (Å²) < 4.78 is 1.59. The molecule has 1 nitrogen and oxygen atoms in total. The molecule has 0 aliphatic carbocycles. The molecule has 0 radical (unpaired) electrons. The van der Waals surface area contributed by atoms with Crippen molar-refractivity contribution in [2.24, 2.45) is 0 Å². The van der Waals surface area contributed by atoms with E-state index < -0.39 is 8.07 Å². The monoisotopic (exact) mass is 527 g/mol. The zero-order valence-corrected chi connectivity index (χ0v) is 19.4. The Morgan fingerprint density at radius 3 is 1.23 bits per heavy atom. The van der Waals surface area contributed by atoms with E-state index in [1.807, 2.05) is 0 Å². The third-order valence-electron chi connectivity index (χ3n) is 4.99. The van der Waals surface area contributed by atoms with E-state index in [0.717, 1.165) is 13.1 Å². The van der Waals surface area contributed by atoms with Gasteiger partial charge in [0.25, 0.3) is 0 Å². The van der Waals surface area contributed by atoms with Crippen molar-refractivity contribution >= 4 is 27.3 Å². The van der Waals surface area contributed by atoms with E-state index in [0.29, 0.717) is 0 Å². The molecule has 0 spiro atoms. The van der Waals surface area contributed by atoms with Crippen molar-refractivity contribution in [3.8, 4) is 0 Å². The van der Waals surface area contributed by atoms with Crippen molar-refractivity contribution in [1.82, 2.24) is 4.90 Å². The molecule has 3 aromatic carbocycles. The van der Waals surface area contributed by atoms with Gasteiger partial charge in [-0.2, -0.15) is 0 Å². The van der Waals surface area contributed by atoms with Crippen LogP contribution in [0.2, 0.25) is 0 Å². The Labute approximate surface area is 169 Å². The molecule has 132 valence electrons. The molecule has 0 aromatic heterocycles. The first-order valence-corrected chi connectivity index (χ1v) is 12.7. The number of benzene rings is 3. The van der Waals surface area contributed by atoms with Crippen LogP contribution < -0.4 is 15.6 Å². The van der Waals surface area contributed by atoms with Crippen molar-refractivity contribution in [2.45, 2.75) is 13.8 Å². The molecule has 0 heterocycles. The second-order valence-corrected chi connectivity index (χ2v) is 12.8. The van der Waals surface area contributed by atoms with Crippen molar-refractivity contribution in [3.05, 3.63) is 91.0 Å². The second-order valence-electron chi connectivity index (χ2n) is 6.33. The van der Waals surface area contributed by atoms with Gasteiger partial charge < -0.3 is 0 Å². The van der Waals surface area contributed by atoms with Crippen LogP contribution in [0.4, 0.5) is 0 Å². The van der Waals surface area contributed by atoms with Gasteiger partial charge in [0.2, 0.25) is 0 Å². The Balaban J connectivity index is 2.37. The van der Waals surface area contributed by atoms with Gasteiger partial charge in [-0.25, -0.2) is 0 Å². The van der Waals surface area contributed by atoms with Gasteiger partial charge in [0.1, 0.15) is 0 Å². The van der Waals surface area contributed by atoms with Crippen LogP contribution in [-0.2, 0) is 19.4 Å². The van der Waals surface area contributed by atoms with Crippen LogP contribution >= 0.6 is 0 Å². The SMILES string of the molecule is CCN(CC)[C](=[W])[Si](c1ccccc1)(c1ccccc1)c1ccccc1. The van der Waals surface area contributed by atoms with Gasteiger partial charge in [0.15, 0.2) is 0 Å². The van der Waals surface area contributed by atoms with Crippen LogP contribution in [-0.4, -0.2) is 29.7 Å². The average molecular weight is 527 g/mol. The predicted molar refractivity (Wildman–Crippen MR) is 112 cm³/mol. The fourth-order valence-corrected chi connectivity index (χ4v) is 13.0. The number of nitrogens with zero attached hydrogens (tertiary/aromatic N) is 1. The summed E-state index contributed by atoms with van der Waals surface area (Å²) in [5.41, 5.74) is 0. The van der Waals surface area contributed by atoms with Gasteiger partial charge in [-0.15, -0.1) is 0 Å². The van der Waals surface area contributed by atoms with Crippen LogP contribution in [0.5, 0.6) is 0 Å². The quantitative estimate of drug-likeness (QED) is 0.338. The first-order valence-electron chi connectivity index (χ1n) is 9.21. The molecule has 0 aliphatic rings. The van der Waals surface area contributed by atoms with Crippen molar-refractivity contribution in [1.29, 1.82) is 0 Å². The van der Waals surface area contributed by atoms with E-state index in [-0.39, 0.29) is 0 Å². The summed E-state index contributed by atoms with van der Waals surface area (Å²) in [4.78, 5) is 2.58. The molecule has 0 bridgehead atoms. The van der Waals surface area contributed by atoms with Gasteiger partial charge in [0, 0.05) is 0 Å². The Morgan fingerprint density at radius 1 is 0.654 bits per heavy atom. The first-order chi connectivity index (χ1) is 12.7. The van der Waals surface area contributed by atoms with E-state index in [2.05, 4.69) is 110 Å². The van der Waals surface area contributed by atoms with Crippen molar-refractivity contribution in [3.63, 3.8) is 0 Å². The predicted octanol–water partition coefficient (Wildman–Crippen LogP) is 2.71. The molecule has 0 amide bonds. The summed E-state index contributed by atoms with van der Waals surface area (Å²) in [6.45, 7) is 6.65. The third-order valence-corrected chi connectivity index (χ3v) is 13.8. The zero-order chi connectivity index (χ0) is 18.4. The van der Waals surface area contributed by atoms with E-state index >= 15 is 0 Å². The normalized spacial score (nSPS) is 11.5. The minimum absolute atomic E-state index is 1.05. The summed E-state index contributed by atoms with van der Waals surface area (Å²) in [6, 6.07) is 33.5. The molecule has 0 aliphatic heterocycles. The van der Waals surface area contributed by atoms with Gasteiger partial charge >= 0.3 is 169 Å². The molecular weight excluding hydrogens is 502 g/mol. The van der Waals surface area contributed by atoms with Crippen LogP contribution in [0.3, 0.4) is 0 Å². The Kier molecular flexibility index (Phi) is 6.53. The molecule has 0 fully saturated rings. The maximum atomic E-state index is 2.58. The fourth-order valence-electron chi connectivity index (χ4n) is 3.68. The fraction of sp³-hybridized carbons (Fsp3) is 0.174. The summed E-state index contributed by atoms with van der Waals surface area (Å²) in [5.74, 6) is 0. The molecule has 0 atom stereocenters. The summed E-state index contributed by atoms with van der Waals surface area (Å²) >= 11 is 1.58. The van der Waals surface area contributed by atoms with E-state index in [9.17, 15) is 0 Å². The molecule has 0 saturated carbocycles. The first kappa shape index (κ1) is 19.2. The molecule has 0 unspecified atom stereocenters. The Bertz CT molecular complexity index is 733. The molecule has 3 aromatic rings. The number of hydrogen-bond acceptors (Lipinski definition) is 1. The van der Waals surface area contributed by atoms with Gasteiger partial charge in [0.05, 0.1) is 0 Å². The molecule has 0 N–H and O–H groups in total. The molecular formula is C23H25NSiW. The van der Waals surface area contributed by atoms with Crippen LogP contribution in [0.15, 0.2) is 91.0 Å². The Morgan fingerprint density at radius 2 is 0.962 bits per heavy atom. The van der Waals surface area contributed by atoms with Crippen LogP contribution in [0.1, 0.15) is 13.8 Å². The van der Waals surface area contributed by atoms with E-state index in [4.69, 9.17) is 0 Å². The third kappa shape index (κ3) is 3.46. The summed E-state index contributed by atoms with van der Waals surface area (Å²) in [7, 11) is -2.25. The molecule has 3 rings (SSSR count). The second kappa shape index (κ2) is 8.86. The summed E-state index contributed by atoms with van der Waals surface area (Å²) in [6.07, 6.45) is 0. The Hall–Kier alpha value is -1.60. The van der Waals surface area contributed by atoms with Crippen molar-refractivity contribution in [2.75, 3.05) is 13.1 Å². The standard InChI is InChI=1S/C23H25NSi.W/c1-3-24(4-2)20-25(21-14-8-5-9-15-21,22-16-10-6-11-17-22)23-18-12-7-13-19-23;/h5-19H,3-4H2,1-2H3;. The number of hydrogen-bond donors (Lipinski definition) is 0. The molecule has 0 saturated heterocycles. The maximum absolute atomic E-state index is 2.58.